The Bertz CT molecular complexity index is 398. The average Bonchev–Trinajstić information content (AvgIpc) is 2.32. The molecular weight excluding hydrogens is 243 g/mol. The van der Waals surface area contributed by atoms with Crippen LogP contribution in [0.2, 0.25) is 0 Å². The second-order valence-electron chi connectivity index (χ2n) is 3.74. The van der Waals surface area contributed by atoms with Crippen LogP contribution in [0.5, 0.6) is 0 Å². The minimum Gasteiger partial charge on any atom is -0.352 e. The molecule has 1 aromatic rings. The highest BCUT2D eigenvalue weighted by molar-refractivity contribution is 5.75. The number of benzene rings is 1. The fourth-order valence-corrected chi connectivity index (χ4v) is 1.32. The van der Waals surface area contributed by atoms with Gasteiger partial charge in [-0.05, 0) is 12.0 Å². The molecule has 0 saturated carbocycles. The third kappa shape index (κ3) is 6.73. The molecule has 18 heavy (non-hydrogen) atoms. The third-order valence-electron chi connectivity index (χ3n) is 2.18. The summed E-state index contributed by atoms with van der Waals surface area (Å²) in [5.74, 6) is -0.259. The van der Waals surface area contributed by atoms with E-state index in [4.69, 9.17) is 0 Å². The standard InChI is InChI=1S/C13H14F3NO/c14-13(15,16)9-5-4-8-12(18)17-10-11-6-2-1-3-7-11/h1-3,5-7,9H,4,8,10H2,(H,17,18)/b9-5+. The molecule has 1 rings (SSSR count). The van der Waals surface area contributed by atoms with Gasteiger partial charge in [0.2, 0.25) is 5.91 Å². The Balaban J connectivity index is 2.21. The zero-order valence-electron chi connectivity index (χ0n) is 9.70. The normalized spacial score (nSPS) is 11.7. The van der Waals surface area contributed by atoms with Crippen LogP contribution in [0.4, 0.5) is 13.2 Å². The molecule has 0 spiro atoms. The Kier molecular flexibility index (Phi) is 5.42. The third-order valence-corrected chi connectivity index (χ3v) is 2.18. The van der Waals surface area contributed by atoms with Crippen molar-refractivity contribution in [3.63, 3.8) is 0 Å². The van der Waals surface area contributed by atoms with E-state index in [1.54, 1.807) is 0 Å². The van der Waals surface area contributed by atoms with Gasteiger partial charge in [0.05, 0.1) is 0 Å². The van der Waals surface area contributed by atoms with Crippen LogP contribution in [0, 0.1) is 0 Å². The molecule has 0 unspecified atom stereocenters. The van der Waals surface area contributed by atoms with Crippen LogP contribution < -0.4 is 5.32 Å². The molecule has 0 saturated heterocycles. The second-order valence-corrected chi connectivity index (χ2v) is 3.74. The Hall–Kier alpha value is -1.78. The van der Waals surface area contributed by atoms with Crippen LogP contribution in [0.25, 0.3) is 0 Å². The number of allylic oxidation sites excluding steroid dienone is 2. The van der Waals surface area contributed by atoms with Gasteiger partial charge in [-0.2, -0.15) is 13.2 Å². The van der Waals surface area contributed by atoms with E-state index in [0.29, 0.717) is 6.54 Å². The summed E-state index contributed by atoms with van der Waals surface area (Å²) in [4.78, 5) is 11.3. The number of amides is 1. The van der Waals surface area contributed by atoms with Crippen LogP contribution in [0.1, 0.15) is 18.4 Å². The highest BCUT2D eigenvalue weighted by Crippen LogP contribution is 2.16. The zero-order valence-corrected chi connectivity index (χ0v) is 9.70. The minimum atomic E-state index is -4.31. The number of carbonyl (C=O) groups excluding carboxylic acids is 1. The highest BCUT2D eigenvalue weighted by atomic mass is 19.4. The van der Waals surface area contributed by atoms with Crippen molar-refractivity contribution in [1.29, 1.82) is 0 Å². The molecule has 0 bridgehead atoms. The first-order chi connectivity index (χ1) is 8.47. The minimum absolute atomic E-state index is 0.0550. The largest absolute Gasteiger partial charge is 0.409 e. The molecule has 5 heteroatoms. The van der Waals surface area contributed by atoms with Crippen molar-refractivity contribution in [2.24, 2.45) is 0 Å². The number of nitrogens with one attached hydrogen (secondary N) is 1. The highest BCUT2D eigenvalue weighted by Gasteiger charge is 2.21. The van der Waals surface area contributed by atoms with Gasteiger partial charge in [-0.25, -0.2) is 0 Å². The van der Waals surface area contributed by atoms with Crippen LogP contribution in [0.15, 0.2) is 42.5 Å². The molecule has 0 radical (unpaired) electrons. The van der Waals surface area contributed by atoms with E-state index in [2.05, 4.69) is 5.32 Å². The summed E-state index contributed by atoms with van der Waals surface area (Å²) in [5, 5.41) is 2.64. The summed E-state index contributed by atoms with van der Waals surface area (Å²) in [6.07, 6.45) is -3.06. The van der Waals surface area contributed by atoms with Crippen LogP contribution >= 0.6 is 0 Å². The van der Waals surface area contributed by atoms with Crippen LogP contribution in [-0.4, -0.2) is 12.1 Å². The van der Waals surface area contributed by atoms with Gasteiger partial charge in [0.15, 0.2) is 0 Å². The van der Waals surface area contributed by atoms with Crippen molar-refractivity contribution < 1.29 is 18.0 Å². The number of halogens is 3. The SMILES string of the molecule is O=C(CC/C=C/C(F)(F)F)NCc1ccccc1. The van der Waals surface area contributed by atoms with Gasteiger partial charge in [0.25, 0.3) is 0 Å². The molecule has 1 amide bonds. The number of carbonyl (C=O) groups is 1. The van der Waals surface area contributed by atoms with Gasteiger partial charge in [-0.3, -0.25) is 4.79 Å². The van der Waals surface area contributed by atoms with Crippen molar-refractivity contribution in [1.82, 2.24) is 5.32 Å². The summed E-state index contributed by atoms with van der Waals surface area (Å²) in [7, 11) is 0. The van der Waals surface area contributed by atoms with Crippen molar-refractivity contribution in [2.75, 3.05) is 0 Å². The summed E-state index contributed by atoms with van der Waals surface area (Å²) >= 11 is 0. The first kappa shape index (κ1) is 14.3. The van der Waals surface area contributed by atoms with Gasteiger partial charge in [0.1, 0.15) is 0 Å². The van der Waals surface area contributed by atoms with E-state index < -0.39 is 6.18 Å². The topological polar surface area (TPSA) is 29.1 Å². The second kappa shape index (κ2) is 6.83. The summed E-state index contributed by atoms with van der Waals surface area (Å²) in [6.45, 7) is 0.392. The molecule has 0 aromatic heterocycles. The van der Waals surface area contributed by atoms with E-state index in [0.717, 1.165) is 11.6 Å². The van der Waals surface area contributed by atoms with Gasteiger partial charge >= 0.3 is 6.18 Å². The lowest BCUT2D eigenvalue weighted by Crippen LogP contribution is -2.22. The smallest absolute Gasteiger partial charge is 0.352 e. The average molecular weight is 257 g/mol. The maximum absolute atomic E-state index is 11.8. The van der Waals surface area contributed by atoms with E-state index >= 15 is 0 Å². The monoisotopic (exact) mass is 257 g/mol. The summed E-state index contributed by atoms with van der Waals surface area (Å²) < 4.78 is 35.3. The Morgan fingerprint density at radius 1 is 1.22 bits per heavy atom. The molecule has 1 N–H and O–H groups in total. The maximum atomic E-state index is 11.8. The summed E-state index contributed by atoms with van der Waals surface area (Å²) in [5.41, 5.74) is 0.955. The fourth-order valence-electron chi connectivity index (χ4n) is 1.32. The molecule has 1 aromatic carbocycles. The molecule has 0 aliphatic heterocycles. The van der Waals surface area contributed by atoms with Crippen LogP contribution in [-0.2, 0) is 11.3 Å². The molecule has 0 aliphatic carbocycles. The molecule has 0 heterocycles. The van der Waals surface area contributed by atoms with Gasteiger partial charge < -0.3 is 5.32 Å². The number of hydrogen-bond donors (Lipinski definition) is 1. The Labute approximate surface area is 104 Å². The Morgan fingerprint density at radius 2 is 1.89 bits per heavy atom. The lowest BCUT2D eigenvalue weighted by atomic mass is 10.2. The molecule has 98 valence electrons. The zero-order chi connectivity index (χ0) is 13.4. The lowest BCUT2D eigenvalue weighted by molar-refractivity contribution is -0.121. The van der Waals surface area contributed by atoms with E-state index in [-0.39, 0.29) is 24.8 Å². The predicted molar refractivity (Wildman–Crippen MR) is 62.7 cm³/mol. The molecule has 0 aliphatic rings. The maximum Gasteiger partial charge on any atom is 0.409 e. The number of rotatable bonds is 5. The van der Waals surface area contributed by atoms with Crippen molar-refractivity contribution in [3.05, 3.63) is 48.0 Å². The van der Waals surface area contributed by atoms with Crippen LogP contribution in [0.3, 0.4) is 0 Å². The van der Waals surface area contributed by atoms with Gasteiger partial charge in [-0.1, -0.05) is 36.4 Å². The summed E-state index contributed by atoms with van der Waals surface area (Å²) in [6, 6.07) is 9.31. The molecule has 0 fully saturated rings. The van der Waals surface area contributed by atoms with E-state index in [9.17, 15) is 18.0 Å². The van der Waals surface area contributed by atoms with E-state index in [1.807, 2.05) is 30.3 Å². The van der Waals surface area contributed by atoms with E-state index in [1.165, 1.54) is 0 Å². The first-order valence-corrected chi connectivity index (χ1v) is 5.52. The number of alkyl halides is 3. The Morgan fingerprint density at radius 3 is 2.50 bits per heavy atom. The van der Waals surface area contributed by atoms with Gasteiger partial charge in [0, 0.05) is 19.0 Å². The number of hydrogen-bond acceptors (Lipinski definition) is 1. The van der Waals surface area contributed by atoms with Crippen molar-refractivity contribution in [2.45, 2.75) is 25.6 Å². The molecule has 0 atom stereocenters. The predicted octanol–water partition coefficient (Wildman–Crippen LogP) is 3.20. The molecule has 2 nitrogen and oxygen atoms in total. The van der Waals surface area contributed by atoms with Crippen molar-refractivity contribution in [3.8, 4) is 0 Å². The van der Waals surface area contributed by atoms with Crippen molar-refractivity contribution >= 4 is 5.91 Å². The lowest BCUT2D eigenvalue weighted by Gasteiger charge is -2.04. The fraction of sp³-hybridized carbons (Fsp3) is 0.308. The van der Waals surface area contributed by atoms with Gasteiger partial charge in [-0.15, -0.1) is 0 Å². The first-order valence-electron chi connectivity index (χ1n) is 5.52. The quantitative estimate of drug-likeness (QED) is 0.806. The molecular formula is C13H14F3NO.